The summed E-state index contributed by atoms with van der Waals surface area (Å²) in [7, 11) is 0. The van der Waals surface area contributed by atoms with Gasteiger partial charge in [0.25, 0.3) is 0 Å². The Morgan fingerprint density at radius 3 is 3.05 bits per heavy atom. The summed E-state index contributed by atoms with van der Waals surface area (Å²) in [6, 6.07) is 8.29. The highest BCUT2D eigenvalue weighted by Gasteiger charge is 2.06. The third kappa shape index (κ3) is 2.72. The Morgan fingerprint density at radius 1 is 1.37 bits per heavy atom. The molecule has 0 amide bonds. The molecule has 0 spiro atoms. The third-order valence-electron chi connectivity index (χ3n) is 2.93. The highest BCUT2D eigenvalue weighted by molar-refractivity contribution is 7.18. The maximum atomic E-state index is 6.07. The van der Waals surface area contributed by atoms with E-state index in [1.807, 2.05) is 19.1 Å². The molecular weight excluding hydrogens is 274 g/mol. The molecule has 1 aromatic carbocycles. The number of nitrogens with two attached hydrogens (primary N) is 1. The molecule has 0 aliphatic heterocycles. The second-order valence-electron chi connectivity index (χ2n) is 4.40. The van der Waals surface area contributed by atoms with Crippen LogP contribution in [0.5, 0.6) is 0 Å². The predicted molar refractivity (Wildman–Crippen MR) is 85.3 cm³/mol. The summed E-state index contributed by atoms with van der Waals surface area (Å²) in [6.07, 6.45) is 1.02. The Hall–Kier alpha value is -1.59. The maximum Gasteiger partial charge on any atom is 0.0907 e. The number of nitrogens with one attached hydrogen (secondary N) is 1. The molecule has 3 nitrogen and oxygen atoms in total. The Morgan fingerprint density at radius 2 is 2.26 bits per heavy atom. The third-order valence-corrected chi connectivity index (χ3v) is 4.80. The van der Waals surface area contributed by atoms with Crippen LogP contribution in [0, 0.1) is 6.92 Å². The Labute approximate surface area is 120 Å². The fraction of sp³-hybridized carbons (Fsp3) is 0.214. The van der Waals surface area contributed by atoms with Gasteiger partial charge in [-0.2, -0.15) is 0 Å². The highest BCUT2D eigenvalue weighted by Crippen LogP contribution is 2.29. The summed E-state index contributed by atoms with van der Waals surface area (Å²) in [5, 5.41) is 6.58. The topological polar surface area (TPSA) is 50.9 Å². The summed E-state index contributed by atoms with van der Waals surface area (Å²) in [4.78, 5) is 5.88. The molecule has 0 atom stereocenters. The number of aryl methyl sites for hydroxylation is 1. The van der Waals surface area contributed by atoms with Crippen LogP contribution in [0.2, 0.25) is 0 Å². The van der Waals surface area contributed by atoms with Crippen LogP contribution in [-0.4, -0.2) is 11.5 Å². The fourth-order valence-corrected chi connectivity index (χ4v) is 3.60. The number of aromatic nitrogens is 1. The number of hydrogen-bond donors (Lipinski definition) is 2. The van der Waals surface area contributed by atoms with Crippen molar-refractivity contribution in [2.45, 2.75) is 13.3 Å². The maximum absolute atomic E-state index is 6.07. The molecule has 0 saturated carbocycles. The first-order valence-electron chi connectivity index (χ1n) is 6.15. The van der Waals surface area contributed by atoms with E-state index < -0.39 is 0 Å². The van der Waals surface area contributed by atoms with Gasteiger partial charge in [0.15, 0.2) is 0 Å². The molecule has 98 valence electrons. The van der Waals surface area contributed by atoms with Crippen LogP contribution in [-0.2, 0) is 6.42 Å². The van der Waals surface area contributed by atoms with E-state index >= 15 is 0 Å². The van der Waals surface area contributed by atoms with Crippen LogP contribution in [0.4, 0.5) is 11.4 Å². The van der Waals surface area contributed by atoms with Crippen LogP contribution in [0.25, 0.3) is 10.2 Å². The summed E-state index contributed by atoms with van der Waals surface area (Å²) in [5.41, 5.74) is 8.87. The van der Waals surface area contributed by atoms with Crippen LogP contribution in [0.15, 0.2) is 29.6 Å². The summed E-state index contributed by atoms with van der Waals surface area (Å²) in [6.45, 7) is 2.91. The average Bonchev–Trinajstić information content (AvgIpc) is 2.98. The van der Waals surface area contributed by atoms with E-state index in [1.165, 1.54) is 4.88 Å². The van der Waals surface area contributed by atoms with E-state index in [1.54, 1.807) is 22.7 Å². The van der Waals surface area contributed by atoms with Crippen molar-refractivity contribution in [1.29, 1.82) is 0 Å². The van der Waals surface area contributed by atoms with E-state index in [2.05, 4.69) is 27.8 Å². The molecule has 0 fully saturated rings. The SMILES string of the molecule is Cc1nc2cc(NCCc3cccs3)c(N)cc2s1. The lowest BCUT2D eigenvalue weighted by atomic mass is 10.2. The molecule has 2 heterocycles. The van der Waals surface area contributed by atoms with Gasteiger partial charge in [0, 0.05) is 11.4 Å². The van der Waals surface area contributed by atoms with Gasteiger partial charge in [-0.05, 0) is 36.9 Å². The molecule has 3 N–H and O–H groups in total. The lowest BCUT2D eigenvalue weighted by molar-refractivity contribution is 1.05. The zero-order chi connectivity index (χ0) is 13.2. The fourth-order valence-electron chi connectivity index (χ4n) is 2.03. The number of thiazole rings is 1. The molecule has 5 heteroatoms. The smallest absolute Gasteiger partial charge is 0.0907 e. The van der Waals surface area contributed by atoms with Crippen molar-refractivity contribution in [2.24, 2.45) is 0 Å². The second kappa shape index (κ2) is 5.19. The van der Waals surface area contributed by atoms with Gasteiger partial charge < -0.3 is 11.1 Å². The van der Waals surface area contributed by atoms with Gasteiger partial charge in [0.1, 0.15) is 0 Å². The Bertz CT molecular complexity index is 686. The molecule has 3 aromatic rings. The zero-order valence-corrected chi connectivity index (χ0v) is 12.3. The number of rotatable bonds is 4. The monoisotopic (exact) mass is 289 g/mol. The standard InChI is InChI=1S/C14H15N3S2/c1-9-17-13-8-12(11(15)7-14(13)19-9)16-5-4-10-3-2-6-18-10/h2-3,6-8,16H,4-5,15H2,1H3. The van der Waals surface area contributed by atoms with Crippen LogP contribution in [0.3, 0.4) is 0 Å². The van der Waals surface area contributed by atoms with Crippen molar-refractivity contribution in [3.8, 4) is 0 Å². The van der Waals surface area contributed by atoms with E-state index in [4.69, 9.17) is 5.73 Å². The van der Waals surface area contributed by atoms with Crippen molar-refractivity contribution < 1.29 is 0 Å². The van der Waals surface area contributed by atoms with Crippen molar-refractivity contribution in [2.75, 3.05) is 17.6 Å². The molecular formula is C14H15N3S2. The Balaban J connectivity index is 1.74. The van der Waals surface area contributed by atoms with Gasteiger partial charge >= 0.3 is 0 Å². The van der Waals surface area contributed by atoms with Crippen molar-refractivity contribution in [1.82, 2.24) is 4.98 Å². The first-order chi connectivity index (χ1) is 9.22. The lowest BCUT2D eigenvalue weighted by Gasteiger charge is -2.08. The Kier molecular flexibility index (Phi) is 3.40. The van der Waals surface area contributed by atoms with Crippen molar-refractivity contribution in [3.05, 3.63) is 39.5 Å². The van der Waals surface area contributed by atoms with Crippen molar-refractivity contribution in [3.63, 3.8) is 0 Å². The van der Waals surface area contributed by atoms with Gasteiger partial charge in [0.2, 0.25) is 0 Å². The number of benzene rings is 1. The van der Waals surface area contributed by atoms with Gasteiger partial charge in [-0.3, -0.25) is 0 Å². The lowest BCUT2D eigenvalue weighted by Crippen LogP contribution is -2.06. The zero-order valence-electron chi connectivity index (χ0n) is 10.6. The van der Waals surface area contributed by atoms with Crippen LogP contribution in [0.1, 0.15) is 9.88 Å². The number of hydrogen-bond acceptors (Lipinski definition) is 5. The minimum atomic E-state index is 0.794. The second-order valence-corrected chi connectivity index (χ2v) is 6.66. The van der Waals surface area contributed by atoms with Crippen LogP contribution >= 0.6 is 22.7 Å². The van der Waals surface area contributed by atoms with Crippen LogP contribution < -0.4 is 11.1 Å². The molecule has 0 aliphatic carbocycles. The highest BCUT2D eigenvalue weighted by atomic mass is 32.1. The van der Waals surface area contributed by atoms with Gasteiger partial charge in [-0.25, -0.2) is 4.98 Å². The first-order valence-corrected chi connectivity index (χ1v) is 7.85. The molecule has 0 saturated heterocycles. The quantitative estimate of drug-likeness (QED) is 0.716. The minimum absolute atomic E-state index is 0.794. The summed E-state index contributed by atoms with van der Waals surface area (Å²) < 4.78 is 1.15. The largest absolute Gasteiger partial charge is 0.397 e. The number of nitrogen functional groups attached to an aromatic ring is 1. The van der Waals surface area contributed by atoms with E-state index in [0.29, 0.717) is 0 Å². The average molecular weight is 289 g/mol. The molecule has 0 radical (unpaired) electrons. The molecule has 0 bridgehead atoms. The predicted octanol–water partition coefficient (Wildman–Crippen LogP) is 3.90. The van der Waals surface area contributed by atoms with E-state index in [-0.39, 0.29) is 0 Å². The molecule has 3 rings (SSSR count). The van der Waals surface area contributed by atoms with Gasteiger partial charge in [-0.15, -0.1) is 22.7 Å². The van der Waals surface area contributed by atoms with E-state index in [9.17, 15) is 0 Å². The molecule has 0 unspecified atom stereocenters. The summed E-state index contributed by atoms with van der Waals surface area (Å²) >= 11 is 3.47. The molecule has 0 aliphatic rings. The molecule has 19 heavy (non-hydrogen) atoms. The summed E-state index contributed by atoms with van der Waals surface area (Å²) in [5.74, 6) is 0. The van der Waals surface area contributed by atoms with Crippen molar-refractivity contribution >= 4 is 44.3 Å². The first kappa shape index (κ1) is 12.4. The van der Waals surface area contributed by atoms with Gasteiger partial charge in [0.05, 0.1) is 26.6 Å². The van der Waals surface area contributed by atoms with Gasteiger partial charge in [-0.1, -0.05) is 6.07 Å². The number of fused-ring (bicyclic) bond motifs is 1. The number of nitrogens with zero attached hydrogens (tertiary/aromatic N) is 1. The number of thiophene rings is 1. The normalized spacial score (nSPS) is 11.0. The minimum Gasteiger partial charge on any atom is -0.397 e. The number of anilines is 2. The molecule has 2 aromatic heterocycles. The van der Waals surface area contributed by atoms with E-state index in [0.717, 1.165) is 39.6 Å².